The summed E-state index contributed by atoms with van der Waals surface area (Å²) < 4.78 is 0. The van der Waals surface area contributed by atoms with Crippen molar-refractivity contribution in [3.05, 3.63) is 0 Å². The summed E-state index contributed by atoms with van der Waals surface area (Å²) in [5, 5.41) is 22.3. The molecule has 0 aromatic heterocycles. The molecule has 0 unspecified atom stereocenters. The molecule has 1 saturated carbocycles. The standard InChI is InChI=1S/C12H20N2O5/c1-12(5-2-6-12)7-13-11(19)14-8(10(17)18)3-4-9(15)16/h8H,2-7H2,1H3,(H,15,16)(H,17,18)(H2,13,14,19)/t8-/m0/s1. The van der Waals surface area contributed by atoms with Crippen molar-refractivity contribution in [2.75, 3.05) is 6.54 Å². The first-order valence-corrected chi connectivity index (χ1v) is 6.31. The Balaban J connectivity index is 2.33. The maximum atomic E-state index is 11.6. The van der Waals surface area contributed by atoms with Gasteiger partial charge in [-0.3, -0.25) is 4.79 Å². The molecule has 108 valence electrons. The molecule has 2 amide bonds. The summed E-state index contributed by atoms with van der Waals surface area (Å²) in [7, 11) is 0. The largest absolute Gasteiger partial charge is 0.481 e. The maximum Gasteiger partial charge on any atom is 0.326 e. The summed E-state index contributed by atoms with van der Waals surface area (Å²) in [4.78, 5) is 32.8. The summed E-state index contributed by atoms with van der Waals surface area (Å²) in [5.41, 5.74) is 0.108. The second-order valence-corrected chi connectivity index (χ2v) is 5.31. The highest BCUT2D eigenvalue weighted by molar-refractivity contribution is 5.83. The molecule has 7 heteroatoms. The van der Waals surface area contributed by atoms with E-state index in [1.807, 2.05) is 0 Å². The van der Waals surface area contributed by atoms with Crippen LogP contribution in [0.3, 0.4) is 0 Å². The molecule has 0 aromatic rings. The van der Waals surface area contributed by atoms with Crippen molar-refractivity contribution >= 4 is 18.0 Å². The lowest BCUT2D eigenvalue weighted by atomic mass is 9.70. The highest BCUT2D eigenvalue weighted by atomic mass is 16.4. The van der Waals surface area contributed by atoms with Crippen molar-refractivity contribution in [3.63, 3.8) is 0 Å². The molecule has 0 aromatic carbocycles. The first kappa shape index (κ1) is 15.3. The van der Waals surface area contributed by atoms with Crippen LogP contribution in [-0.4, -0.2) is 40.8 Å². The van der Waals surface area contributed by atoms with Crippen LogP contribution >= 0.6 is 0 Å². The van der Waals surface area contributed by atoms with Crippen molar-refractivity contribution in [3.8, 4) is 0 Å². The van der Waals surface area contributed by atoms with Crippen LogP contribution in [0.5, 0.6) is 0 Å². The fraction of sp³-hybridized carbons (Fsp3) is 0.750. The molecular weight excluding hydrogens is 252 g/mol. The van der Waals surface area contributed by atoms with Crippen molar-refractivity contribution in [2.24, 2.45) is 5.41 Å². The Morgan fingerprint density at radius 1 is 1.26 bits per heavy atom. The molecule has 1 aliphatic carbocycles. The van der Waals surface area contributed by atoms with Gasteiger partial charge in [0.15, 0.2) is 0 Å². The Kier molecular flexibility index (Phi) is 5.14. The molecule has 0 bridgehead atoms. The lowest BCUT2D eigenvalue weighted by Gasteiger charge is -2.38. The molecule has 0 aliphatic heterocycles. The SMILES string of the molecule is CC1(CNC(=O)N[C@@H](CCC(=O)O)C(=O)O)CCC1. The molecule has 1 aliphatic rings. The minimum atomic E-state index is -1.23. The molecule has 0 saturated heterocycles. The van der Waals surface area contributed by atoms with Crippen LogP contribution in [0.15, 0.2) is 0 Å². The van der Waals surface area contributed by atoms with Crippen LogP contribution in [0.1, 0.15) is 39.0 Å². The van der Waals surface area contributed by atoms with E-state index in [0.29, 0.717) is 6.54 Å². The number of hydrogen-bond acceptors (Lipinski definition) is 3. The smallest absolute Gasteiger partial charge is 0.326 e. The molecule has 7 nitrogen and oxygen atoms in total. The van der Waals surface area contributed by atoms with Gasteiger partial charge in [0.05, 0.1) is 0 Å². The maximum absolute atomic E-state index is 11.6. The van der Waals surface area contributed by atoms with E-state index in [0.717, 1.165) is 19.3 Å². The summed E-state index contributed by atoms with van der Waals surface area (Å²) in [6, 6.07) is -1.74. The zero-order valence-corrected chi connectivity index (χ0v) is 10.9. The summed E-state index contributed by atoms with van der Waals surface area (Å²) >= 11 is 0. The molecule has 1 atom stereocenters. The third kappa shape index (κ3) is 5.15. The lowest BCUT2D eigenvalue weighted by Crippen LogP contribution is -2.49. The van der Waals surface area contributed by atoms with Crippen molar-refractivity contribution < 1.29 is 24.6 Å². The van der Waals surface area contributed by atoms with E-state index in [9.17, 15) is 14.4 Å². The van der Waals surface area contributed by atoms with Gasteiger partial charge >= 0.3 is 18.0 Å². The topological polar surface area (TPSA) is 116 Å². The lowest BCUT2D eigenvalue weighted by molar-refractivity contribution is -0.140. The first-order chi connectivity index (χ1) is 8.82. The predicted octanol–water partition coefficient (Wildman–Crippen LogP) is 0.794. The third-order valence-electron chi connectivity index (χ3n) is 3.49. The average Bonchev–Trinajstić information content (AvgIpc) is 2.28. The minimum Gasteiger partial charge on any atom is -0.481 e. The van der Waals surface area contributed by atoms with Gasteiger partial charge in [-0.25, -0.2) is 9.59 Å². The summed E-state index contributed by atoms with van der Waals surface area (Å²) in [5.74, 6) is -2.32. The number of nitrogens with one attached hydrogen (secondary N) is 2. The monoisotopic (exact) mass is 272 g/mol. The fourth-order valence-corrected chi connectivity index (χ4v) is 1.99. The molecule has 19 heavy (non-hydrogen) atoms. The zero-order valence-electron chi connectivity index (χ0n) is 10.9. The van der Waals surface area contributed by atoms with Gasteiger partial charge < -0.3 is 20.8 Å². The summed E-state index contributed by atoms with van der Waals surface area (Å²) in [6.07, 6.45) is 2.82. The molecule has 0 spiro atoms. The number of carbonyl (C=O) groups is 3. The van der Waals surface area contributed by atoms with Crippen LogP contribution in [0.2, 0.25) is 0 Å². The summed E-state index contributed by atoms with van der Waals surface area (Å²) in [6.45, 7) is 2.57. The van der Waals surface area contributed by atoms with Crippen LogP contribution in [0.4, 0.5) is 4.79 Å². The zero-order chi connectivity index (χ0) is 14.5. The fourth-order valence-electron chi connectivity index (χ4n) is 1.99. The Hall–Kier alpha value is -1.79. The van der Waals surface area contributed by atoms with Gasteiger partial charge in [0.25, 0.3) is 0 Å². The highest BCUT2D eigenvalue weighted by Crippen LogP contribution is 2.39. The predicted molar refractivity (Wildman–Crippen MR) is 66.8 cm³/mol. The van der Waals surface area contributed by atoms with E-state index in [4.69, 9.17) is 10.2 Å². The van der Waals surface area contributed by atoms with Crippen LogP contribution in [0, 0.1) is 5.41 Å². The Morgan fingerprint density at radius 2 is 1.89 bits per heavy atom. The average molecular weight is 272 g/mol. The second-order valence-electron chi connectivity index (χ2n) is 5.31. The van der Waals surface area contributed by atoms with Gasteiger partial charge in [0, 0.05) is 13.0 Å². The highest BCUT2D eigenvalue weighted by Gasteiger charge is 2.32. The number of hydrogen-bond donors (Lipinski definition) is 4. The van der Waals surface area contributed by atoms with Gasteiger partial charge in [-0.2, -0.15) is 0 Å². The van der Waals surface area contributed by atoms with E-state index in [2.05, 4.69) is 17.6 Å². The number of rotatable bonds is 7. The van der Waals surface area contributed by atoms with E-state index in [-0.39, 0.29) is 18.3 Å². The van der Waals surface area contributed by atoms with E-state index in [1.54, 1.807) is 0 Å². The molecule has 0 heterocycles. The van der Waals surface area contributed by atoms with Gasteiger partial charge in [-0.15, -0.1) is 0 Å². The van der Waals surface area contributed by atoms with E-state index >= 15 is 0 Å². The first-order valence-electron chi connectivity index (χ1n) is 6.31. The van der Waals surface area contributed by atoms with Crippen LogP contribution < -0.4 is 10.6 Å². The number of carboxylic acid groups (broad SMARTS) is 2. The van der Waals surface area contributed by atoms with E-state index in [1.165, 1.54) is 0 Å². The molecule has 1 fully saturated rings. The Labute approximate surface area is 111 Å². The normalized spacial score (nSPS) is 17.9. The molecular formula is C12H20N2O5. The molecule has 4 N–H and O–H groups in total. The minimum absolute atomic E-state index is 0.108. The van der Waals surface area contributed by atoms with Crippen LogP contribution in [-0.2, 0) is 9.59 Å². The third-order valence-corrected chi connectivity index (χ3v) is 3.49. The van der Waals surface area contributed by atoms with Gasteiger partial charge in [0.1, 0.15) is 6.04 Å². The second kappa shape index (κ2) is 6.40. The number of carboxylic acids is 2. The molecule has 1 rings (SSSR count). The van der Waals surface area contributed by atoms with Gasteiger partial charge in [-0.05, 0) is 24.7 Å². The van der Waals surface area contributed by atoms with Crippen LogP contribution in [0.25, 0.3) is 0 Å². The van der Waals surface area contributed by atoms with E-state index < -0.39 is 24.0 Å². The van der Waals surface area contributed by atoms with Crippen molar-refractivity contribution in [1.82, 2.24) is 10.6 Å². The number of amides is 2. The number of aliphatic carboxylic acids is 2. The number of urea groups is 1. The van der Waals surface area contributed by atoms with Gasteiger partial charge in [-0.1, -0.05) is 13.3 Å². The molecule has 0 radical (unpaired) electrons. The van der Waals surface area contributed by atoms with Crippen molar-refractivity contribution in [2.45, 2.75) is 45.1 Å². The number of carbonyl (C=O) groups excluding carboxylic acids is 1. The van der Waals surface area contributed by atoms with Crippen molar-refractivity contribution in [1.29, 1.82) is 0 Å². The Morgan fingerprint density at radius 3 is 2.32 bits per heavy atom. The quantitative estimate of drug-likeness (QED) is 0.547. The van der Waals surface area contributed by atoms with Gasteiger partial charge in [0.2, 0.25) is 0 Å². The Bertz CT molecular complexity index is 365.